The van der Waals surface area contributed by atoms with Crippen LogP contribution in [0.1, 0.15) is 12.2 Å². The third-order valence-corrected chi connectivity index (χ3v) is 3.73. The van der Waals surface area contributed by atoms with Crippen LogP contribution in [0.3, 0.4) is 0 Å². The number of anilines is 1. The second-order valence-corrected chi connectivity index (χ2v) is 5.44. The van der Waals surface area contributed by atoms with Gasteiger partial charge in [-0.2, -0.15) is 15.4 Å². The van der Waals surface area contributed by atoms with Gasteiger partial charge in [-0.1, -0.05) is 0 Å². The average molecular weight is 313 g/mol. The van der Waals surface area contributed by atoms with Crippen LogP contribution >= 0.6 is 0 Å². The Morgan fingerprint density at radius 3 is 2.96 bits per heavy atom. The SMILES string of the molecule is CN(CCCc1nccn1C)C(=O)Nc1ccc2n[nH]nc2c1. The molecule has 2 N–H and O–H groups in total. The Balaban J connectivity index is 1.51. The number of nitrogens with one attached hydrogen (secondary N) is 2. The number of carbonyl (C=O) groups excluding carboxylic acids is 1. The number of hydrogen-bond donors (Lipinski definition) is 2. The van der Waals surface area contributed by atoms with Gasteiger partial charge >= 0.3 is 6.03 Å². The number of hydrogen-bond acceptors (Lipinski definition) is 4. The molecule has 3 rings (SSSR count). The number of carbonyl (C=O) groups is 1. The number of aromatic amines is 1. The molecular weight excluding hydrogens is 294 g/mol. The van der Waals surface area contributed by atoms with E-state index in [0.717, 1.165) is 29.7 Å². The van der Waals surface area contributed by atoms with Gasteiger partial charge in [-0.15, -0.1) is 0 Å². The Morgan fingerprint density at radius 1 is 1.35 bits per heavy atom. The van der Waals surface area contributed by atoms with Crippen molar-refractivity contribution in [3.63, 3.8) is 0 Å². The first-order chi connectivity index (χ1) is 11.1. The van der Waals surface area contributed by atoms with Crippen molar-refractivity contribution < 1.29 is 4.79 Å². The van der Waals surface area contributed by atoms with Crippen molar-refractivity contribution in [3.8, 4) is 0 Å². The summed E-state index contributed by atoms with van der Waals surface area (Å²) in [5, 5.41) is 13.4. The molecule has 2 aromatic heterocycles. The van der Waals surface area contributed by atoms with E-state index in [1.807, 2.05) is 29.9 Å². The number of imidazole rings is 1. The van der Waals surface area contributed by atoms with E-state index in [2.05, 4.69) is 25.7 Å². The zero-order chi connectivity index (χ0) is 16.2. The van der Waals surface area contributed by atoms with Crippen LogP contribution in [-0.4, -0.2) is 49.5 Å². The van der Waals surface area contributed by atoms with Crippen LogP contribution in [0, 0.1) is 0 Å². The summed E-state index contributed by atoms with van der Waals surface area (Å²) in [6, 6.07) is 5.27. The lowest BCUT2D eigenvalue weighted by molar-refractivity contribution is 0.222. The summed E-state index contributed by atoms with van der Waals surface area (Å²) in [5.74, 6) is 1.02. The molecule has 23 heavy (non-hydrogen) atoms. The van der Waals surface area contributed by atoms with Gasteiger partial charge in [-0.3, -0.25) is 0 Å². The lowest BCUT2D eigenvalue weighted by Crippen LogP contribution is -2.32. The molecule has 0 aliphatic heterocycles. The predicted octanol–water partition coefficient (Wildman–Crippen LogP) is 1.79. The van der Waals surface area contributed by atoms with E-state index in [0.29, 0.717) is 12.2 Å². The Labute approximate surface area is 133 Å². The highest BCUT2D eigenvalue weighted by Gasteiger charge is 2.10. The maximum Gasteiger partial charge on any atom is 0.321 e. The van der Waals surface area contributed by atoms with Gasteiger partial charge in [0.1, 0.15) is 16.9 Å². The molecule has 0 fully saturated rings. The summed E-state index contributed by atoms with van der Waals surface area (Å²) in [5.41, 5.74) is 2.19. The van der Waals surface area contributed by atoms with Gasteiger partial charge in [0.05, 0.1) is 0 Å². The van der Waals surface area contributed by atoms with Crippen LogP contribution < -0.4 is 5.32 Å². The number of benzene rings is 1. The van der Waals surface area contributed by atoms with Crippen molar-refractivity contribution >= 4 is 22.8 Å². The van der Waals surface area contributed by atoms with E-state index in [1.165, 1.54) is 0 Å². The van der Waals surface area contributed by atoms with Crippen molar-refractivity contribution in [1.82, 2.24) is 29.9 Å². The zero-order valence-corrected chi connectivity index (χ0v) is 13.2. The Bertz CT molecular complexity index is 807. The van der Waals surface area contributed by atoms with Crippen LogP contribution in [0.25, 0.3) is 11.0 Å². The average Bonchev–Trinajstić information content (AvgIpc) is 3.15. The van der Waals surface area contributed by atoms with Crippen molar-refractivity contribution in [1.29, 1.82) is 0 Å². The number of fused-ring (bicyclic) bond motifs is 1. The molecule has 0 aliphatic rings. The van der Waals surface area contributed by atoms with Crippen molar-refractivity contribution in [2.24, 2.45) is 7.05 Å². The largest absolute Gasteiger partial charge is 0.338 e. The summed E-state index contributed by atoms with van der Waals surface area (Å²) >= 11 is 0. The van der Waals surface area contributed by atoms with Crippen LogP contribution in [0.15, 0.2) is 30.6 Å². The molecule has 0 aliphatic carbocycles. The van der Waals surface area contributed by atoms with Gasteiger partial charge in [0.15, 0.2) is 0 Å². The number of amides is 2. The second-order valence-electron chi connectivity index (χ2n) is 5.44. The van der Waals surface area contributed by atoms with Crippen LogP contribution in [0.5, 0.6) is 0 Å². The van der Waals surface area contributed by atoms with Gasteiger partial charge in [-0.05, 0) is 24.6 Å². The van der Waals surface area contributed by atoms with Gasteiger partial charge in [-0.25, -0.2) is 9.78 Å². The molecule has 0 radical (unpaired) electrons. The highest BCUT2D eigenvalue weighted by atomic mass is 16.2. The summed E-state index contributed by atoms with van der Waals surface area (Å²) in [7, 11) is 3.75. The minimum atomic E-state index is -0.146. The maximum atomic E-state index is 12.2. The number of H-pyrrole nitrogens is 1. The molecule has 8 nitrogen and oxygen atoms in total. The van der Waals surface area contributed by atoms with Crippen LogP contribution in [0.2, 0.25) is 0 Å². The smallest absolute Gasteiger partial charge is 0.321 e. The molecule has 0 saturated heterocycles. The molecule has 120 valence electrons. The molecule has 2 heterocycles. The van der Waals surface area contributed by atoms with Crippen LogP contribution in [-0.2, 0) is 13.5 Å². The summed E-state index contributed by atoms with van der Waals surface area (Å²) < 4.78 is 1.99. The number of rotatable bonds is 5. The van der Waals surface area contributed by atoms with Crippen molar-refractivity contribution in [2.75, 3.05) is 18.9 Å². The normalized spacial score (nSPS) is 10.9. The van der Waals surface area contributed by atoms with Gasteiger partial charge in [0.2, 0.25) is 0 Å². The minimum Gasteiger partial charge on any atom is -0.338 e. The lowest BCUT2D eigenvalue weighted by Gasteiger charge is -2.17. The molecule has 0 bridgehead atoms. The van der Waals surface area contributed by atoms with Crippen molar-refractivity contribution in [3.05, 3.63) is 36.4 Å². The number of aromatic nitrogens is 5. The van der Waals surface area contributed by atoms with Crippen LogP contribution in [0.4, 0.5) is 10.5 Å². The first-order valence-corrected chi connectivity index (χ1v) is 7.42. The standard InChI is InChI=1S/C15H19N7O/c1-21-9-7-16-14(21)4-3-8-22(2)15(23)17-11-5-6-12-13(10-11)19-20-18-12/h5-7,9-10H,3-4,8H2,1-2H3,(H,17,23)(H,18,19,20). The fourth-order valence-electron chi connectivity index (χ4n) is 2.35. The molecule has 3 aromatic rings. The highest BCUT2D eigenvalue weighted by molar-refractivity contribution is 5.91. The third-order valence-electron chi connectivity index (χ3n) is 3.73. The minimum absolute atomic E-state index is 0.146. The lowest BCUT2D eigenvalue weighted by atomic mass is 10.2. The highest BCUT2D eigenvalue weighted by Crippen LogP contribution is 2.15. The summed E-state index contributed by atoms with van der Waals surface area (Å²) in [6.07, 6.45) is 5.40. The van der Waals surface area contributed by atoms with Crippen molar-refractivity contribution in [2.45, 2.75) is 12.8 Å². The predicted molar refractivity (Wildman–Crippen MR) is 87.1 cm³/mol. The quantitative estimate of drug-likeness (QED) is 0.751. The Hall–Kier alpha value is -2.90. The van der Waals surface area contributed by atoms with E-state index in [9.17, 15) is 4.79 Å². The van der Waals surface area contributed by atoms with E-state index >= 15 is 0 Å². The van der Waals surface area contributed by atoms with Gasteiger partial charge in [0, 0.05) is 45.1 Å². The maximum absolute atomic E-state index is 12.2. The molecule has 0 atom stereocenters. The third kappa shape index (κ3) is 3.47. The molecule has 0 unspecified atom stereocenters. The van der Waals surface area contributed by atoms with E-state index in [-0.39, 0.29) is 6.03 Å². The molecule has 1 aromatic carbocycles. The molecule has 0 spiro atoms. The monoisotopic (exact) mass is 313 g/mol. The van der Waals surface area contributed by atoms with E-state index in [1.54, 1.807) is 24.2 Å². The second kappa shape index (κ2) is 6.47. The molecule has 8 heteroatoms. The fourth-order valence-corrected chi connectivity index (χ4v) is 2.35. The topological polar surface area (TPSA) is 91.7 Å². The Kier molecular flexibility index (Phi) is 4.22. The first kappa shape index (κ1) is 15.0. The molecule has 0 saturated carbocycles. The molecule has 2 amide bonds. The Morgan fingerprint density at radius 2 is 2.17 bits per heavy atom. The number of urea groups is 1. The van der Waals surface area contributed by atoms with Gasteiger partial charge in [0.25, 0.3) is 0 Å². The summed E-state index contributed by atoms with van der Waals surface area (Å²) in [6.45, 7) is 0.658. The number of nitrogens with zero attached hydrogens (tertiary/aromatic N) is 5. The number of aryl methyl sites for hydroxylation is 2. The van der Waals surface area contributed by atoms with E-state index < -0.39 is 0 Å². The zero-order valence-electron chi connectivity index (χ0n) is 13.2. The molecular formula is C15H19N7O. The van der Waals surface area contributed by atoms with E-state index in [4.69, 9.17) is 0 Å². The van der Waals surface area contributed by atoms with Gasteiger partial charge < -0.3 is 14.8 Å². The summed E-state index contributed by atoms with van der Waals surface area (Å²) in [4.78, 5) is 18.1. The first-order valence-electron chi connectivity index (χ1n) is 7.42. The fraction of sp³-hybridized carbons (Fsp3) is 0.333.